The van der Waals surface area contributed by atoms with Crippen LogP contribution in [-0.4, -0.2) is 38.8 Å². The van der Waals surface area contributed by atoms with Crippen LogP contribution in [0.2, 0.25) is 0 Å². The summed E-state index contributed by atoms with van der Waals surface area (Å²) in [6.07, 6.45) is 4.69. The predicted molar refractivity (Wildman–Crippen MR) is 117 cm³/mol. The fraction of sp³-hybridized carbons (Fsp3) is 0.417. The largest absolute Gasteiger partial charge is 0.369 e. The Kier molecular flexibility index (Phi) is 4.96. The maximum Gasteiger partial charge on any atom is 0.0568 e. The fourth-order valence-corrected chi connectivity index (χ4v) is 4.60. The first-order chi connectivity index (χ1) is 13.1. The van der Waals surface area contributed by atoms with E-state index >= 15 is 0 Å². The lowest BCUT2D eigenvalue weighted by Gasteiger charge is -2.31. The smallest absolute Gasteiger partial charge is 0.0568 e. The van der Waals surface area contributed by atoms with Gasteiger partial charge in [0, 0.05) is 49.5 Å². The first kappa shape index (κ1) is 18.1. The van der Waals surface area contributed by atoms with E-state index in [0.29, 0.717) is 6.04 Å². The van der Waals surface area contributed by atoms with Crippen LogP contribution in [0.25, 0.3) is 6.08 Å². The number of anilines is 2. The highest BCUT2D eigenvalue weighted by Gasteiger charge is 2.42. The van der Waals surface area contributed by atoms with Crippen LogP contribution in [-0.2, 0) is 5.41 Å². The molecule has 0 bridgehead atoms. The van der Waals surface area contributed by atoms with Gasteiger partial charge >= 0.3 is 0 Å². The number of para-hydroxylation sites is 1. The van der Waals surface area contributed by atoms with Crippen molar-refractivity contribution in [3.63, 3.8) is 0 Å². The monoisotopic (exact) mass is 361 g/mol. The molecule has 1 N–H and O–H groups in total. The van der Waals surface area contributed by atoms with Crippen molar-refractivity contribution in [3.05, 3.63) is 65.7 Å². The van der Waals surface area contributed by atoms with Gasteiger partial charge in [-0.05, 0) is 36.2 Å². The van der Waals surface area contributed by atoms with Gasteiger partial charge in [-0.15, -0.1) is 0 Å². The molecule has 1 unspecified atom stereocenters. The van der Waals surface area contributed by atoms with Gasteiger partial charge in [0.25, 0.3) is 0 Å². The third kappa shape index (κ3) is 3.37. The molecule has 0 saturated carbocycles. The Hall–Kier alpha value is -2.26. The Balaban J connectivity index is 1.54. The molecule has 3 heteroatoms. The third-order valence-electron chi connectivity index (χ3n) is 6.17. The van der Waals surface area contributed by atoms with Crippen LogP contribution in [0.15, 0.2) is 54.6 Å². The minimum absolute atomic E-state index is 0.115. The molecule has 2 aliphatic heterocycles. The lowest BCUT2D eigenvalue weighted by atomic mass is 9.80. The van der Waals surface area contributed by atoms with Crippen LogP contribution in [0.4, 0.5) is 11.4 Å². The Morgan fingerprint density at radius 2 is 1.74 bits per heavy atom. The number of rotatable bonds is 4. The average Bonchev–Trinajstić information content (AvgIpc) is 2.94. The average molecular weight is 362 g/mol. The van der Waals surface area contributed by atoms with Crippen molar-refractivity contribution < 1.29 is 0 Å². The van der Waals surface area contributed by atoms with Gasteiger partial charge in [-0.3, -0.25) is 0 Å². The zero-order chi connectivity index (χ0) is 18.9. The zero-order valence-corrected chi connectivity index (χ0v) is 16.8. The number of hydrogen-bond donors (Lipinski definition) is 1. The molecule has 0 radical (unpaired) electrons. The number of likely N-dealkylation sites (N-methyl/N-ethyl adjacent to an activating group) is 1. The van der Waals surface area contributed by atoms with Crippen LogP contribution in [0.5, 0.6) is 0 Å². The molecule has 2 aromatic carbocycles. The molecule has 0 aromatic heterocycles. The summed E-state index contributed by atoms with van der Waals surface area (Å²) < 4.78 is 0. The molecule has 3 nitrogen and oxygen atoms in total. The highest BCUT2D eigenvalue weighted by molar-refractivity contribution is 5.67. The summed E-state index contributed by atoms with van der Waals surface area (Å²) in [5.41, 5.74) is 5.56. The first-order valence-corrected chi connectivity index (χ1v) is 10.2. The molecule has 2 heterocycles. The summed E-state index contributed by atoms with van der Waals surface area (Å²) in [7, 11) is 0. The molecule has 1 atom stereocenters. The van der Waals surface area contributed by atoms with Crippen LogP contribution in [0.1, 0.15) is 31.9 Å². The number of piperazine rings is 1. The van der Waals surface area contributed by atoms with E-state index in [0.717, 1.165) is 32.7 Å². The van der Waals surface area contributed by atoms with E-state index in [1.54, 1.807) is 0 Å². The summed E-state index contributed by atoms with van der Waals surface area (Å²) >= 11 is 0. The number of benzene rings is 2. The molecular formula is C24H31N3. The van der Waals surface area contributed by atoms with Crippen molar-refractivity contribution in [3.8, 4) is 0 Å². The Morgan fingerprint density at radius 3 is 2.44 bits per heavy atom. The van der Waals surface area contributed by atoms with Gasteiger partial charge in [-0.25, -0.2) is 0 Å². The van der Waals surface area contributed by atoms with E-state index in [4.69, 9.17) is 0 Å². The van der Waals surface area contributed by atoms with Gasteiger partial charge in [0.05, 0.1) is 6.04 Å². The van der Waals surface area contributed by atoms with E-state index in [2.05, 4.69) is 96.6 Å². The maximum absolute atomic E-state index is 3.41. The summed E-state index contributed by atoms with van der Waals surface area (Å²) in [5, 5.41) is 3.41. The third-order valence-corrected chi connectivity index (χ3v) is 6.17. The number of hydrogen-bond acceptors (Lipinski definition) is 3. The molecule has 0 spiro atoms. The highest BCUT2D eigenvalue weighted by Crippen LogP contribution is 2.45. The molecule has 1 fully saturated rings. The summed E-state index contributed by atoms with van der Waals surface area (Å²) in [5.74, 6) is 0. The van der Waals surface area contributed by atoms with E-state index in [1.165, 1.54) is 22.5 Å². The number of fused-ring (bicyclic) bond motifs is 1. The molecule has 2 aliphatic rings. The van der Waals surface area contributed by atoms with Crippen LogP contribution in [0, 0.1) is 0 Å². The second-order valence-corrected chi connectivity index (χ2v) is 8.16. The minimum Gasteiger partial charge on any atom is -0.369 e. The SMILES string of the molecule is CCN1c2ccccc2C(C)(C)C1C=Cc1ccc(N2CCNCC2)cc1. The standard InChI is InChI=1S/C24H31N3/c1-4-27-22-8-6-5-7-21(22)24(2,3)23(27)14-11-19-9-12-20(13-10-19)26-17-15-25-16-18-26/h5-14,23,25H,4,15-18H2,1-3H3. The quantitative estimate of drug-likeness (QED) is 0.876. The molecule has 142 valence electrons. The highest BCUT2D eigenvalue weighted by atomic mass is 15.2. The van der Waals surface area contributed by atoms with Gasteiger partial charge in [0.15, 0.2) is 0 Å². The number of nitrogens with one attached hydrogen (secondary N) is 1. The van der Waals surface area contributed by atoms with Gasteiger partial charge in [0.1, 0.15) is 0 Å². The van der Waals surface area contributed by atoms with Crippen LogP contribution in [0.3, 0.4) is 0 Å². The van der Waals surface area contributed by atoms with Gasteiger partial charge in [-0.1, -0.05) is 56.3 Å². The predicted octanol–water partition coefficient (Wildman–Crippen LogP) is 4.30. The lowest BCUT2D eigenvalue weighted by molar-refractivity contribution is 0.479. The van der Waals surface area contributed by atoms with Crippen molar-refractivity contribution in [2.45, 2.75) is 32.2 Å². The zero-order valence-electron chi connectivity index (χ0n) is 16.8. The molecule has 0 aliphatic carbocycles. The summed E-state index contributed by atoms with van der Waals surface area (Å²) in [6, 6.07) is 18.3. The molecule has 0 amide bonds. The van der Waals surface area contributed by atoms with E-state index in [-0.39, 0.29) is 5.41 Å². The first-order valence-electron chi connectivity index (χ1n) is 10.2. The molecule has 27 heavy (non-hydrogen) atoms. The van der Waals surface area contributed by atoms with Crippen molar-refractivity contribution in [2.24, 2.45) is 0 Å². The second kappa shape index (κ2) is 7.40. The lowest BCUT2D eigenvalue weighted by Crippen LogP contribution is -2.43. The fourth-order valence-electron chi connectivity index (χ4n) is 4.60. The van der Waals surface area contributed by atoms with Crippen LogP contribution >= 0.6 is 0 Å². The Bertz CT molecular complexity index is 801. The van der Waals surface area contributed by atoms with E-state index in [9.17, 15) is 0 Å². The normalized spacial score (nSPS) is 21.7. The van der Waals surface area contributed by atoms with Gasteiger partial charge in [-0.2, -0.15) is 0 Å². The van der Waals surface area contributed by atoms with Crippen molar-refractivity contribution in [1.29, 1.82) is 0 Å². The Morgan fingerprint density at radius 1 is 1.04 bits per heavy atom. The van der Waals surface area contributed by atoms with Crippen LogP contribution < -0.4 is 15.1 Å². The van der Waals surface area contributed by atoms with Gasteiger partial charge < -0.3 is 15.1 Å². The topological polar surface area (TPSA) is 18.5 Å². The van der Waals surface area contributed by atoms with Crippen molar-refractivity contribution in [2.75, 3.05) is 42.5 Å². The van der Waals surface area contributed by atoms with Crippen molar-refractivity contribution >= 4 is 17.5 Å². The minimum atomic E-state index is 0.115. The molecular weight excluding hydrogens is 330 g/mol. The maximum atomic E-state index is 3.41. The summed E-state index contributed by atoms with van der Waals surface area (Å²) in [6.45, 7) is 12.3. The molecule has 4 rings (SSSR count). The Labute approximate surface area is 163 Å². The van der Waals surface area contributed by atoms with E-state index in [1.807, 2.05) is 0 Å². The van der Waals surface area contributed by atoms with Crippen molar-refractivity contribution in [1.82, 2.24) is 5.32 Å². The molecule has 2 aromatic rings. The number of nitrogens with zero attached hydrogens (tertiary/aromatic N) is 2. The second-order valence-electron chi connectivity index (χ2n) is 8.16. The van der Waals surface area contributed by atoms with Gasteiger partial charge in [0.2, 0.25) is 0 Å². The molecule has 1 saturated heterocycles. The van der Waals surface area contributed by atoms with E-state index < -0.39 is 0 Å². The summed E-state index contributed by atoms with van der Waals surface area (Å²) in [4.78, 5) is 4.99.